The van der Waals surface area contributed by atoms with Gasteiger partial charge in [0.25, 0.3) is 0 Å². The van der Waals surface area contributed by atoms with E-state index in [4.69, 9.17) is 29.0 Å². The first-order valence-corrected chi connectivity index (χ1v) is 13.8. The first-order valence-electron chi connectivity index (χ1n) is 12.2. The summed E-state index contributed by atoms with van der Waals surface area (Å²) in [5.74, 6) is -0.383. The molecule has 1 aliphatic rings. The van der Waals surface area contributed by atoms with Gasteiger partial charge in [-0.25, -0.2) is 9.36 Å². The number of hydrogen-bond acceptors (Lipinski definition) is 11. The van der Waals surface area contributed by atoms with Gasteiger partial charge in [0.2, 0.25) is 0 Å². The van der Waals surface area contributed by atoms with Crippen molar-refractivity contribution in [1.82, 2.24) is 14.6 Å². The Morgan fingerprint density at radius 1 is 1.26 bits per heavy atom. The SMILES string of the molecule is CCOC(=O)[C@H](C)NP(=O)(OC[C@H]1O[C@@H](n2ccc(N)nc2=O)C(OC)C1O)Oc1cccc2ccccc12. The predicted octanol–water partition coefficient (Wildman–Crippen LogP) is 2.00. The van der Waals surface area contributed by atoms with Gasteiger partial charge in [-0.3, -0.25) is 13.9 Å². The molecular weight excluding hydrogens is 531 g/mol. The van der Waals surface area contributed by atoms with Crippen LogP contribution in [0.3, 0.4) is 0 Å². The fourth-order valence-corrected chi connectivity index (χ4v) is 5.70. The average Bonchev–Trinajstić information content (AvgIpc) is 3.22. The largest absolute Gasteiger partial charge is 0.465 e. The maximum Gasteiger partial charge on any atom is 0.459 e. The highest BCUT2D eigenvalue weighted by Crippen LogP contribution is 2.47. The number of nitrogens with zero attached hydrogens (tertiary/aromatic N) is 2. The summed E-state index contributed by atoms with van der Waals surface area (Å²) in [6.07, 6.45) is -3.05. The number of nitrogens with two attached hydrogens (primary N) is 1. The van der Waals surface area contributed by atoms with E-state index in [1.165, 1.54) is 26.3 Å². The second-order valence-electron chi connectivity index (χ2n) is 8.76. The van der Waals surface area contributed by atoms with Crippen LogP contribution in [-0.4, -0.2) is 65.3 Å². The molecule has 1 saturated heterocycles. The zero-order valence-electron chi connectivity index (χ0n) is 21.6. The van der Waals surface area contributed by atoms with Crippen LogP contribution in [0.1, 0.15) is 20.1 Å². The lowest BCUT2D eigenvalue weighted by Crippen LogP contribution is -2.38. The number of ether oxygens (including phenoxy) is 3. The number of nitrogens with one attached hydrogen (secondary N) is 1. The Hall–Kier alpha value is -3.32. The first kappa shape index (κ1) is 28.7. The third kappa shape index (κ3) is 6.47. The van der Waals surface area contributed by atoms with Crippen LogP contribution in [-0.2, 0) is 28.1 Å². The van der Waals surface area contributed by atoms with Gasteiger partial charge in [0, 0.05) is 18.7 Å². The standard InChI is InChI=1S/C25H31N4O9P/c1-4-35-24(31)15(2)28-39(33,38-18-11-7-9-16-8-5-6-10-17(16)18)36-14-19-21(30)22(34-3)23(37-19)29-13-12-20(26)27-25(29)32/h5-13,15,19,21-23,30H,4,14H2,1-3H3,(H,28,33)(H2,26,27,32)/t15-,19+,21?,22?,23+,39?/m0/s1. The third-order valence-electron chi connectivity index (χ3n) is 6.08. The normalized spacial score (nSPS) is 23.3. The molecule has 0 saturated carbocycles. The van der Waals surface area contributed by atoms with Crippen molar-refractivity contribution < 1.29 is 37.7 Å². The highest BCUT2D eigenvalue weighted by atomic mass is 31.2. The van der Waals surface area contributed by atoms with Gasteiger partial charge >= 0.3 is 19.4 Å². The molecule has 0 aliphatic carbocycles. The topological polar surface area (TPSA) is 173 Å². The Labute approximate surface area is 224 Å². The molecule has 39 heavy (non-hydrogen) atoms. The number of methoxy groups -OCH3 is 1. The minimum Gasteiger partial charge on any atom is -0.465 e. The summed E-state index contributed by atoms with van der Waals surface area (Å²) in [7, 11) is -2.93. The second kappa shape index (κ2) is 12.2. The Morgan fingerprint density at radius 3 is 2.72 bits per heavy atom. The van der Waals surface area contributed by atoms with E-state index in [1.54, 1.807) is 31.2 Å². The molecule has 0 bridgehead atoms. The molecule has 1 fully saturated rings. The minimum atomic E-state index is -4.27. The molecule has 13 nitrogen and oxygen atoms in total. The zero-order chi connectivity index (χ0) is 28.2. The molecule has 6 atom stereocenters. The molecule has 4 N–H and O–H groups in total. The van der Waals surface area contributed by atoms with Crippen LogP contribution in [0.2, 0.25) is 0 Å². The van der Waals surface area contributed by atoms with E-state index >= 15 is 0 Å². The lowest BCUT2D eigenvalue weighted by molar-refractivity contribution is -0.144. The van der Waals surface area contributed by atoms with Crippen LogP contribution in [0.5, 0.6) is 5.75 Å². The van der Waals surface area contributed by atoms with Gasteiger partial charge < -0.3 is 29.6 Å². The number of nitrogen functional groups attached to an aromatic ring is 1. The highest BCUT2D eigenvalue weighted by molar-refractivity contribution is 7.52. The number of fused-ring (bicyclic) bond motifs is 1. The number of rotatable bonds is 11. The van der Waals surface area contributed by atoms with Crippen LogP contribution >= 0.6 is 7.75 Å². The van der Waals surface area contributed by atoms with Gasteiger partial charge in [-0.05, 0) is 31.4 Å². The van der Waals surface area contributed by atoms with Gasteiger partial charge in [-0.2, -0.15) is 10.1 Å². The van der Waals surface area contributed by atoms with Crippen molar-refractivity contribution >= 4 is 30.3 Å². The van der Waals surface area contributed by atoms with Crippen LogP contribution in [0.15, 0.2) is 59.5 Å². The summed E-state index contributed by atoms with van der Waals surface area (Å²) in [4.78, 5) is 28.3. The molecule has 0 radical (unpaired) electrons. The number of carbonyl (C=O) groups is 1. The lowest BCUT2D eigenvalue weighted by atomic mass is 10.1. The van der Waals surface area contributed by atoms with E-state index in [0.717, 1.165) is 9.95 Å². The van der Waals surface area contributed by atoms with Crippen molar-refractivity contribution in [3.63, 3.8) is 0 Å². The fourth-order valence-electron chi connectivity index (χ4n) is 4.18. The minimum absolute atomic E-state index is 0.0250. The number of esters is 1. The number of benzene rings is 2. The maximum atomic E-state index is 14.0. The van der Waals surface area contributed by atoms with Crippen LogP contribution in [0.25, 0.3) is 10.8 Å². The number of aromatic nitrogens is 2. The fraction of sp³-hybridized carbons (Fsp3) is 0.400. The summed E-state index contributed by atoms with van der Waals surface area (Å²) in [5.41, 5.74) is 4.87. The van der Waals surface area contributed by atoms with Crippen molar-refractivity contribution in [3.05, 3.63) is 65.2 Å². The molecule has 3 unspecified atom stereocenters. The van der Waals surface area contributed by atoms with Crippen LogP contribution < -0.4 is 21.0 Å². The van der Waals surface area contributed by atoms with E-state index in [2.05, 4.69) is 10.1 Å². The molecule has 1 aliphatic heterocycles. The number of aliphatic hydroxyl groups is 1. The Bertz CT molecular complexity index is 1410. The summed E-state index contributed by atoms with van der Waals surface area (Å²) in [6, 6.07) is 12.9. The quantitative estimate of drug-likeness (QED) is 0.229. The van der Waals surface area contributed by atoms with Crippen LogP contribution in [0.4, 0.5) is 5.82 Å². The monoisotopic (exact) mass is 562 g/mol. The molecule has 3 aromatic rings. The number of aliphatic hydroxyl groups excluding tert-OH is 1. The van der Waals surface area contributed by atoms with Crippen molar-refractivity contribution in [2.24, 2.45) is 0 Å². The molecule has 0 amide bonds. The molecule has 210 valence electrons. The number of carbonyl (C=O) groups excluding carboxylic acids is 1. The molecule has 2 heterocycles. The van der Waals surface area contributed by atoms with E-state index in [1.807, 2.05) is 18.2 Å². The second-order valence-corrected chi connectivity index (χ2v) is 10.5. The molecule has 0 spiro atoms. The zero-order valence-corrected chi connectivity index (χ0v) is 22.5. The highest BCUT2D eigenvalue weighted by Gasteiger charge is 2.47. The van der Waals surface area contributed by atoms with E-state index in [-0.39, 0.29) is 18.2 Å². The number of hydrogen-bond donors (Lipinski definition) is 3. The van der Waals surface area contributed by atoms with Crippen molar-refractivity contribution in [3.8, 4) is 5.75 Å². The average molecular weight is 563 g/mol. The summed E-state index contributed by atoms with van der Waals surface area (Å²) < 4.78 is 43.0. The lowest BCUT2D eigenvalue weighted by Gasteiger charge is -2.25. The molecule has 4 rings (SSSR count). The van der Waals surface area contributed by atoms with Gasteiger partial charge in [-0.1, -0.05) is 36.4 Å². The Kier molecular flexibility index (Phi) is 9.01. The van der Waals surface area contributed by atoms with E-state index < -0.39 is 56.6 Å². The van der Waals surface area contributed by atoms with Crippen LogP contribution in [0, 0.1) is 0 Å². The van der Waals surface area contributed by atoms with E-state index in [9.17, 15) is 19.3 Å². The molecular formula is C25H31N4O9P. The van der Waals surface area contributed by atoms with E-state index in [0.29, 0.717) is 5.39 Å². The van der Waals surface area contributed by atoms with Gasteiger partial charge in [0.15, 0.2) is 6.23 Å². The molecule has 2 aromatic carbocycles. The Morgan fingerprint density at radius 2 is 2.00 bits per heavy atom. The van der Waals surface area contributed by atoms with Crippen molar-refractivity contribution in [1.29, 1.82) is 0 Å². The van der Waals surface area contributed by atoms with Crippen molar-refractivity contribution in [2.75, 3.05) is 26.1 Å². The maximum absolute atomic E-state index is 14.0. The molecule has 1 aromatic heterocycles. The van der Waals surface area contributed by atoms with Gasteiger partial charge in [-0.15, -0.1) is 0 Å². The summed E-state index contributed by atoms with van der Waals surface area (Å²) >= 11 is 0. The van der Waals surface area contributed by atoms with Gasteiger partial charge in [0.1, 0.15) is 35.9 Å². The van der Waals surface area contributed by atoms with Crippen molar-refractivity contribution in [2.45, 2.75) is 44.4 Å². The smallest absolute Gasteiger partial charge is 0.459 e. The predicted molar refractivity (Wildman–Crippen MR) is 141 cm³/mol. The number of anilines is 1. The first-order chi connectivity index (χ1) is 18.7. The summed E-state index contributed by atoms with van der Waals surface area (Å²) in [5, 5.41) is 15.0. The Balaban J connectivity index is 1.58. The van der Waals surface area contributed by atoms with Gasteiger partial charge in [0.05, 0.1) is 13.2 Å². The third-order valence-corrected chi connectivity index (χ3v) is 7.71. The molecule has 14 heteroatoms. The summed E-state index contributed by atoms with van der Waals surface area (Å²) in [6.45, 7) is 2.79.